The molecule has 0 aliphatic carbocycles. The highest BCUT2D eigenvalue weighted by molar-refractivity contribution is 5.89. The molecule has 4 heterocycles. The highest BCUT2D eigenvalue weighted by atomic mass is 16.7. The molecule has 4 aromatic rings. The average Bonchev–Trinajstić information content (AvgIpc) is 3.46. The lowest BCUT2D eigenvalue weighted by molar-refractivity contribution is 0.173. The summed E-state index contributed by atoms with van der Waals surface area (Å²) in [5.41, 5.74) is 4.31. The van der Waals surface area contributed by atoms with Gasteiger partial charge in [0.2, 0.25) is 6.79 Å². The van der Waals surface area contributed by atoms with Crippen LogP contribution in [-0.2, 0) is 0 Å². The first-order chi connectivity index (χ1) is 15.7. The van der Waals surface area contributed by atoms with Gasteiger partial charge in [0.25, 0.3) is 5.56 Å². The largest absolute Gasteiger partial charge is 0.454 e. The van der Waals surface area contributed by atoms with Crippen molar-refractivity contribution >= 4 is 16.7 Å². The van der Waals surface area contributed by atoms with Gasteiger partial charge in [0.15, 0.2) is 11.5 Å². The van der Waals surface area contributed by atoms with Gasteiger partial charge >= 0.3 is 0 Å². The van der Waals surface area contributed by atoms with Crippen LogP contribution in [-0.4, -0.2) is 64.9 Å². The summed E-state index contributed by atoms with van der Waals surface area (Å²) in [6.45, 7) is 4.28. The molecular weight excluding hydrogens is 408 g/mol. The van der Waals surface area contributed by atoms with E-state index in [4.69, 9.17) is 9.47 Å². The molecule has 0 atom stereocenters. The van der Waals surface area contributed by atoms with Crippen LogP contribution in [0.5, 0.6) is 11.5 Å². The van der Waals surface area contributed by atoms with Crippen LogP contribution in [0.3, 0.4) is 0 Å². The number of rotatable bonds is 3. The van der Waals surface area contributed by atoms with Crippen molar-refractivity contribution in [2.45, 2.75) is 0 Å². The quantitative estimate of drug-likeness (QED) is 0.533. The van der Waals surface area contributed by atoms with Crippen LogP contribution in [0.4, 0.5) is 5.69 Å². The van der Waals surface area contributed by atoms with Crippen LogP contribution in [0.25, 0.3) is 28.0 Å². The monoisotopic (exact) mass is 430 g/mol. The van der Waals surface area contributed by atoms with E-state index in [1.54, 1.807) is 12.1 Å². The van der Waals surface area contributed by atoms with Crippen molar-refractivity contribution in [2.24, 2.45) is 0 Å². The number of hydrogen-bond acceptors (Lipinski definition) is 7. The zero-order valence-corrected chi connectivity index (χ0v) is 17.6. The lowest BCUT2D eigenvalue weighted by Crippen LogP contribution is -2.44. The first-order valence-corrected chi connectivity index (χ1v) is 10.6. The third-order valence-electron chi connectivity index (χ3n) is 6.06. The molecule has 2 aromatic carbocycles. The fourth-order valence-electron chi connectivity index (χ4n) is 4.24. The predicted molar refractivity (Wildman–Crippen MR) is 121 cm³/mol. The molecule has 1 saturated heterocycles. The summed E-state index contributed by atoms with van der Waals surface area (Å²) >= 11 is 0. The normalized spacial score (nSPS) is 16.1. The number of fused-ring (bicyclic) bond motifs is 2. The van der Waals surface area contributed by atoms with Gasteiger partial charge in [-0.3, -0.25) is 9.89 Å². The summed E-state index contributed by atoms with van der Waals surface area (Å²) in [7, 11) is 2.15. The third-order valence-corrected chi connectivity index (χ3v) is 6.06. The maximum absolute atomic E-state index is 12.8. The van der Waals surface area contributed by atoms with Crippen molar-refractivity contribution in [3.05, 3.63) is 58.9 Å². The summed E-state index contributed by atoms with van der Waals surface area (Å²) in [5.74, 6) is 1.12. The van der Waals surface area contributed by atoms with E-state index in [2.05, 4.69) is 56.4 Å². The Kier molecular flexibility index (Phi) is 4.36. The van der Waals surface area contributed by atoms with E-state index < -0.39 is 0 Å². The molecule has 162 valence electrons. The van der Waals surface area contributed by atoms with Crippen LogP contribution in [0.1, 0.15) is 0 Å². The standard InChI is InChI=1S/C23H22N6O3/c1-27-9-11-28(12-10-27)16-7-5-15(6-8-16)21-22-17(24-25-21)13-20(30)29(26-22)18-3-2-4-19-23(18)32-14-31-19/h2-8,13,24H,9-12,14H2,1H3. The maximum atomic E-state index is 12.8. The second-order valence-corrected chi connectivity index (χ2v) is 8.08. The number of piperazine rings is 1. The molecule has 2 aromatic heterocycles. The zero-order chi connectivity index (χ0) is 21.7. The number of aromatic nitrogens is 4. The third kappa shape index (κ3) is 3.09. The van der Waals surface area contributed by atoms with Gasteiger partial charge in [0, 0.05) is 43.5 Å². The minimum atomic E-state index is -0.276. The topological polar surface area (TPSA) is 88.5 Å². The molecular formula is C23H22N6O3. The SMILES string of the molecule is CN1CCN(c2ccc(-c3n[nH]c4cc(=O)n(-c5cccc6c5OCO6)nc34)cc2)CC1. The van der Waals surface area contributed by atoms with E-state index in [-0.39, 0.29) is 12.4 Å². The van der Waals surface area contributed by atoms with E-state index in [0.29, 0.717) is 33.9 Å². The van der Waals surface area contributed by atoms with Crippen LogP contribution in [0, 0.1) is 0 Å². The van der Waals surface area contributed by atoms with Crippen LogP contribution in [0.15, 0.2) is 53.3 Å². The minimum absolute atomic E-state index is 0.125. The lowest BCUT2D eigenvalue weighted by atomic mass is 10.1. The van der Waals surface area contributed by atoms with Gasteiger partial charge in [-0.25, -0.2) is 0 Å². The first-order valence-electron chi connectivity index (χ1n) is 10.6. The molecule has 9 nitrogen and oxygen atoms in total. The molecule has 6 rings (SSSR count). The molecule has 0 amide bonds. The number of hydrogen-bond donors (Lipinski definition) is 1. The predicted octanol–water partition coefficient (Wildman–Crippen LogP) is 2.26. The molecule has 0 radical (unpaired) electrons. The van der Waals surface area contributed by atoms with E-state index in [0.717, 1.165) is 31.7 Å². The zero-order valence-electron chi connectivity index (χ0n) is 17.6. The Morgan fingerprint density at radius 1 is 1.00 bits per heavy atom. The average molecular weight is 430 g/mol. The molecule has 0 unspecified atom stereocenters. The Morgan fingerprint density at radius 3 is 2.62 bits per heavy atom. The Bertz CT molecular complexity index is 1350. The maximum Gasteiger partial charge on any atom is 0.273 e. The van der Waals surface area contributed by atoms with Crippen molar-refractivity contribution in [2.75, 3.05) is 44.9 Å². The minimum Gasteiger partial charge on any atom is -0.454 e. The second kappa shape index (κ2) is 7.38. The number of para-hydroxylation sites is 1. The molecule has 32 heavy (non-hydrogen) atoms. The molecule has 1 fully saturated rings. The molecule has 1 N–H and O–H groups in total. The Balaban J connectivity index is 1.39. The number of H-pyrrole nitrogens is 1. The Labute approximate surface area is 183 Å². The lowest BCUT2D eigenvalue weighted by Gasteiger charge is -2.34. The van der Waals surface area contributed by atoms with E-state index in [1.807, 2.05) is 6.07 Å². The summed E-state index contributed by atoms with van der Waals surface area (Å²) in [6, 6.07) is 15.3. The van der Waals surface area contributed by atoms with Crippen molar-refractivity contribution in [1.29, 1.82) is 0 Å². The van der Waals surface area contributed by atoms with Gasteiger partial charge in [-0.2, -0.15) is 14.9 Å². The van der Waals surface area contributed by atoms with Gasteiger partial charge in [0.05, 0.1) is 5.52 Å². The highest BCUT2D eigenvalue weighted by Gasteiger charge is 2.21. The first kappa shape index (κ1) is 18.9. The number of nitrogens with one attached hydrogen (secondary N) is 1. The van der Waals surface area contributed by atoms with Gasteiger partial charge in [-0.15, -0.1) is 0 Å². The summed E-state index contributed by atoms with van der Waals surface area (Å²) in [6.07, 6.45) is 0. The molecule has 0 saturated carbocycles. The number of likely N-dealkylation sites (N-methyl/N-ethyl adjacent to an activating group) is 1. The fraction of sp³-hybridized carbons (Fsp3) is 0.261. The summed E-state index contributed by atoms with van der Waals surface area (Å²) < 4.78 is 12.4. The number of ether oxygens (including phenoxy) is 2. The Hall–Kier alpha value is -3.85. The number of benzene rings is 2. The van der Waals surface area contributed by atoms with Crippen molar-refractivity contribution in [1.82, 2.24) is 24.9 Å². The second-order valence-electron chi connectivity index (χ2n) is 8.08. The molecule has 9 heteroatoms. The molecule has 0 bridgehead atoms. The summed E-state index contributed by atoms with van der Waals surface area (Å²) in [4.78, 5) is 17.5. The highest BCUT2D eigenvalue weighted by Crippen LogP contribution is 2.37. The van der Waals surface area contributed by atoms with Crippen molar-refractivity contribution in [3.63, 3.8) is 0 Å². The van der Waals surface area contributed by atoms with Crippen LogP contribution < -0.4 is 19.9 Å². The van der Waals surface area contributed by atoms with Gasteiger partial charge in [0.1, 0.15) is 16.9 Å². The molecule has 2 aliphatic rings. The van der Waals surface area contributed by atoms with Crippen LogP contribution in [0.2, 0.25) is 0 Å². The number of nitrogens with zero attached hydrogens (tertiary/aromatic N) is 5. The van der Waals surface area contributed by atoms with Crippen molar-refractivity contribution in [3.8, 4) is 28.4 Å². The van der Waals surface area contributed by atoms with Crippen LogP contribution >= 0.6 is 0 Å². The van der Waals surface area contributed by atoms with E-state index in [1.165, 1.54) is 16.4 Å². The van der Waals surface area contributed by atoms with Crippen molar-refractivity contribution < 1.29 is 9.47 Å². The summed E-state index contributed by atoms with van der Waals surface area (Å²) in [5, 5.41) is 12.0. The van der Waals surface area contributed by atoms with E-state index >= 15 is 0 Å². The van der Waals surface area contributed by atoms with Gasteiger partial charge < -0.3 is 19.3 Å². The van der Waals surface area contributed by atoms with Gasteiger partial charge in [-0.1, -0.05) is 18.2 Å². The number of anilines is 1. The van der Waals surface area contributed by atoms with E-state index in [9.17, 15) is 4.79 Å². The fourth-order valence-corrected chi connectivity index (χ4v) is 4.24. The smallest absolute Gasteiger partial charge is 0.273 e. The molecule has 2 aliphatic heterocycles. The molecule has 0 spiro atoms. The Morgan fingerprint density at radius 2 is 1.81 bits per heavy atom. The van der Waals surface area contributed by atoms with Gasteiger partial charge in [-0.05, 0) is 31.3 Å². The number of aromatic amines is 1.